The molecule has 3 aromatic rings. The third-order valence-electron chi connectivity index (χ3n) is 9.76. The number of halogens is 1. The molecule has 13 nitrogen and oxygen atoms in total. The number of ketones is 1. The van der Waals surface area contributed by atoms with Gasteiger partial charge in [-0.05, 0) is 137 Å². The molecule has 7 rings (SSSR count). The summed E-state index contributed by atoms with van der Waals surface area (Å²) in [5.41, 5.74) is 2.20. The van der Waals surface area contributed by atoms with Crippen LogP contribution < -0.4 is 9.80 Å². The topological polar surface area (TPSA) is 126 Å². The van der Waals surface area contributed by atoms with Gasteiger partial charge in [-0.15, -0.1) is 5.10 Å². The normalized spacial score (nSPS) is 19.1. The van der Waals surface area contributed by atoms with Crippen molar-refractivity contribution in [3.8, 4) is 0 Å². The molecule has 0 aliphatic carbocycles. The third kappa shape index (κ3) is 14.4. The van der Waals surface area contributed by atoms with E-state index < -0.39 is 11.2 Å². The number of aryl methyl sites for hydroxylation is 1. The molecular weight excluding hydrogens is 1010 g/mol. The number of hydrogen-bond donors (Lipinski definition) is 0. The summed E-state index contributed by atoms with van der Waals surface area (Å²) in [6.07, 6.45) is 9.80. The van der Waals surface area contributed by atoms with Crippen molar-refractivity contribution in [2.75, 3.05) is 54.4 Å². The second-order valence-corrected chi connectivity index (χ2v) is 17.1. The Balaban J connectivity index is 0.000000313. The maximum atomic E-state index is 12.7. The Labute approximate surface area is 375 Å². The van der Waals surface area contributed by atoms with Crippen LogP contribution in [0.1, 0.15) is 118 Å². The number of nitrogens with zero attached hydrogens (tertiary/aromatic N) is 8. The van der Waals surface area contributed by atoms with Crippen LogP contribution in [0.4, 0.5) is 21.2 Å². The number of Topliss-reactive ketones (excluding diaryl/α,β-unsaturated/α-hetero) is 1. The predicted molar refractivity (Wildman–Crippen MR) is 228 cm³/mol. The van der Waals surface area contributed by atoms with Crippen LogP contribution in [0.3, 0.4) is 0 Å². The number of alkyl halides is 1. The molecule has 4 saturated heterocycles. The Bertz CT molecular complexity index is 1730. The first kappa shape index (κ1) is 48.5. The van der Waals surface area contributed by atoms with E-state index in [-0.39, 0.29) is 73.9 Å². The minimum absolute atomic E-state index is 0. The number of rotatable bonds is 5. The van der Waals surface area contributed by atoms with E-state index in [1.165, 1.54) is 12.8 Å². The van der Waals surface area contributed by atoms with Crippen LogP contribution >= 0.6 is 15.9 Å². The summed E-state index contributed by atoms with van der Waals surface area (Å²) in [4.78, 5) is 44.4. The largest absolute Gasteiger partial charge is 0.444 e. The smallest absolute Gasteiger partial charge is 0.410 e. The molecule has 16 heteroatoms. The van der Waals surface area contributed by atoms with E-state index in [1.54, 1.807) is 4.90 Å². The van der Waals surface area contributed by atoms with Gasteiger partial charge in [-0.3, -0.25) is 9.69 Å². The van der Waals surface area contributed by atoms with Gasteiger partial charge >= 0.3 is 12.2 Å². The fourth-order valence-electron chi connectivity index (χ4n) is 6.72. The molecule has 2 radical (unpaired) electrons. The third-order valence-corrected chi connectivity index (χ3v) is 10.3. The number of ether oxygens (including phenoxy) is 2. The molecule has 3 aromatic heterocycles. The van der Waals surface area contributed by atoms with Gasteiger partial charge in [0, 0.05) is 85.0 Å². The minimum Gasteiger partial charge on any atom is -0.444 e. The maximum absolute atomic E-state index is 12.7. The molecular formula is C41H64BBrN8O5U. The summed E-state index contributed by atoms with van der Waals surface area (Å²) in [5, 5.41) is 13.1. The molecule has 0 spiro atoms. The fraction of sp³-hybridized carbons (Fsp3) is 0.659. The van der Waals surface area contributed by atoms with Gasteiger partial charge in [0.25, 0.3) is 0 Å². The number of carbonyl (C=O) groups is 3. The van der Waals surface area contributed by atoms with Gasteiger partial charge in [-0.2, -0.15) is 10.2 Å². The zero-order valence-electron chi connectivity index (χ0n) is 35.3. The van der Waals surface area contributed by atoms with Crippen LogP contribution in [-0.4, -0.2) is 119 Å². The summed E-state index contributed by atoms with van der Waals surface area (Å²) in [6, 6.07) is 10.1. The number of piperidine rings is 2. The van der Waals surface area contributed by atoms with Crippen molar-refractivity contribution in [3.63, 3.8) is 0 Å². The van der Waals surface area contributed by atoms with Crippen molar-refractivity contribution in [3.05, 3.63) is 47.8 Å². The number of anilines is 2. The molecule has 2 atom stereocenters. The molecule has 4 aliphatic rings. The van der Waals surface area contributed by atoms with Crippen LogP contribution in [0.25, 0.3) is 5.52 Å². The molecule has 0 bridgehead atoms. The Hall–Kier alpha value is -2.82. The average Bonchev–Trinajstić information content (AvgIpc) is 3.54. The first-order chi connectivity index (χ1) is 26.6. The summed E-state index contributed by atoms with van der Waals surface area (Å²) in [6.45, 7) is 19.0. The second kappa shape index (κ2) is 22.5. The van der Waals surface area contributed by atoms with Gasteiger partial charge in [-0.1, -0.05) is 23.4 Å². The zero-order chi connectivity index (χ0) is 41.0. The SMILES string of the molecule is C.CC(C)(C)OC(=O)N1CCCC[C@H]1C(=O)CBr.CC(C)(C)OC(=O)N1CCCC[C@H]1c1cc2ccc(N3CCC3)nn2c1.Cc1ccc(N2CCC2)nn1.[2H][B].[U]. The number of carbonyl (C=O) groups excluding carboxylic acids is 3. The Morgan fingerprint density at radius 1 is 0.772 bits per heavy atom. The number of fused-ring (bicyclic) bond motifs is 1. The standard InChI is InChI=1S/C20H28N4O2.C12H20BrNO3.C8H11N3.CH4.BH.U/c1-20(2,3)26-19(25)23-12-5-4-7-17(23)15-13-16-8-9-18(21-24(16)14-15)22-10-6-11-22;1-12(2,3)17-11(16)14-7-5-4-6-9(14)10(15)8-13;1-7-3-4-8(10-9-7)11-5-2-6-11;;;/h8-9,13-14,17H,4-7,10-12H2,1-3H3;9H,4-8H2,1-3H3;3-4H,2,5-6H2,1H3;1H4;1H;/t17-;9-;;;;/m00..../s1/i;;;;1D;. The Morgan fingerprint density at radius 2 is 1.32 bits per heavy atom. The first-order valence-electron chi connectivity index (χ1n) is 20.1. The fourth-order valence-corrected chi connectivity index (χ4v) is 7.09. The van der Waals surface area contributed by atoms with Crippen molar-refractivity contribution < 1.29 is 55.0 Å². The van der Waals surface area contributed by atoms with Crippen LogP contribution in [0.2, 0.25) is 0 Å². The van der Waals surface area contributed by atoms with Crippen molar-refractivity contribution in [2.45, 2.75) is 131 Å². The van der Waals surface area contributed by atoms with Gasteiger partial charge in [0.15, 0.2) is 11.6 Å². The van der Waals surface area contributed by atoms with E-state index in [0.717, 1.165) is 99.7 Å². The van der Waals surface area contributed by atoms with E-state index in [0.29, 0.717) is 6.54 Å². The summed E-state index contributed by atoms with van der Waals surface area (Å²) >= 11 is 3.16. The molecule has 4 fully saturated rings. The monoisotopic (exact) mass is 1080 g/mol. The number of amides is 2. The van der Waals surface area contributed by atoms with Crippen molar-refractivity contribution in [1.82, 2.24) is 29.6 Å². The molecule has 2 amide bonds. The zero-order valence-corrected chi connectivity index (χ0v) is 40.0. The van der Waals surface area contributed by atoms with E-state index in [1.807, 2.05) is 70.0 Å². The van der Waals surface area contributed by atoms with Crippen LogP contribution in [0.15, 0.2) is 36.5 Å². The van der Waals surface area contributed by atoms with Gasteiger partial charge < -0.3 is 24.2 Å². The molecule has 57 heavy (non-hydrogen) atoms. The summed E-state index contributed by atoms with van der Waals surface area (Å²) in [5.74, 6) is 2.09. The summed E-state index contributed by atoms with van der Waals surface area (Å²) < 4.78 is 18.2. The van der Waals surface area contributed by atoms with Crippen LogP contribution in [-0.2, 0) is 14.3 Å². The number of likely N-dealkylation sites (tertiary alicyclic amines) is 2. The second-order valence-electron chi connectivity index (χ2n) is 16.5. The molecule has 312 valence electrons. The first-order valence-corrected chi connectivity index (χ1v) is 20.6. The van der Waals surface area contributed by atoms with E-state index >= 15 is 0 Å². The molecule has 7 heterocycles. The Morgan fingerprint density at radius 3 is 1.84 bits per heavy atom. The molecule has 0 aromatic carbocycles. The maximum Gasteiger partial charge on any atom is 0.410 e. The average molecular weight is 1080 g/mol. The van der Waals surface area contributed by atoms with Crippen molar-refractivity contribution >= 4 is 59.4 Å². The minimum atomic E-state index is -0.517. The summed E-state index contributed by atoms with van der Waals surface area (Å²) in [7, 11) is 3.75. The quantitative estimate of drug-likeness (QED) is 0.185. The molecule has 4 aliphatic heterocycles. The van der Waals surface area contributed by atoms with Crippen LogP contribution in [0, 0.1) is 38.0 Å². The Kier molecular flexibility index (Phi) is 19.2. The predicted octanol–water partition coefficient (Wildman–Crippen LogP) is 7.73. The van der Waals surface area contributed by atoms with Crippen molar-refractivity contribution in [1.29, 1.82) is 1.34 Å². The number of aromatic nitrogens is 4. The van der Waals surface area contributed by atoms with E-state index in [4.69, 9.17) is 15.9 Å². The van der Waals surface area contributed by atoms with Crippen LogP contribution in [0.5, 0.6) is 0 Å². The van der Waals surface area contributed by atoms with Gasteiger partial charge in [-0.25, -0.2) is 14.1 Å². The molecule has 0 N–H and O–H groups in total. The van der Waals surface area contributed by atoms with E-state index in [2.05, 4.69) is 68.7 Å². The van der Waals surface area contributed by atoms with Gasteiger partial charge in [0.1, 0.15) is 17.0 Å². The van der Waals surface area contributed by atoms with Gasteiger partial charge in [0.05, 0.1) is 28.6 Å². The molecule has 0 unspecified atom stereocenters. The van der Waals surface area contributed by atoms with Crippen molar-refractivity contribution in [2.24, 2.45) is 0 Å². The van der Waals surface area contributed by atoms with Gasteiger partial charge in [0.2, 0.25) is 0 Å². The van der Waals surface area contributed by atoms with E-state index in [9.17, 15) is 14.4 Å². The molecule has 0 saturated carbocycles. The number of hydrogen-bond acceptors (Lipinski definition) is 10.